The third-order valence-electron chi connectivity index (χ3n) is 1.42. The highest BCUT2D eigenvalue weighted by Gasteiger charge is 2.06. The minimum Gasteiger partial charge on any atom is -0.433 e. The van der Waals surface area contributed by atoms with Crippen LogP contribution in [0.15, 0.2) is 30.3 Å². The summed E-state index contributed by atoms with van der Waals surface area (Å²) in [6.45, 7) is 4.07. The Kier molecular flexibility index (Phi) is 3.98. The van der Waals surface area contributed by atoms with Gasteiger partial charge in [0.05, 0.1) is 0 Å². The molecule has 0 aliphatic rings. The highest BCUT2D eigenvalue weighted by molar-refractivity contribution is 5.63. The van der Waals surface area contributed by atoms with E-state index in [2.05, 4.69) is 0 Å². The Morgan fingerprint density at radius 2 is 1.86 bits per heavy atom. The molecule has 0 spiro atoms. The molecule has 1 aromatic rings. The van der Waals surface area contributed by atoms with Gasteiger partial charge in [-0.1, -0.05) is 32.0 Å². The molecule has 0 aliphatic carbocycles. The maximum Gasteiger partial charge on any atom is 0.513 e. The van der Waals surface area contributed by atoms with Gasteiger partial charge in [-0.2, -0.15) is 0 Å². The summed E-state index contributed by atoms with van der Waals surface area (Å²) in [5.41, 5.74) is 0. The van der Waals surface area contributed by atoms with Gasteiger partial charge in [-0.15, -0.1) is 0 Å². The van der Waals surface area contributed by atoms with Crippen LogP contribution in [-0.4, -0.2) is 12.8 Å². The molecular formula is C11H13O3. The van der Waals surface area contributed by atoms with Crippen LogP contribution in [0.25, 0.3) is 0 Å². The first-order valence-electron chi connectivity index (χ1n) is 4.37. The van der Waals surface area contributed by atoms with Crippen LogP contribution >= 0.6 is 0 Å². The predicted molar refractivity (Wildman–Crippen MR) is 53.0 cm³/mol. The van der Waals surface area contributed by atoms with E-state index in [0.717, 1.165) is 5.92 Å². The number of carbonyl (C=O) groups excluding carboxylic acids is 1. The topological polar surface area (TPSA) is 35.5 Å². The molecule has 0 N–H and O–H groups in total. The third-order valence-corrected chi connectivity index (χ3v) is 1.42. The lowest BCUT2D eigenvalue weighted by molar-refractivity contribution is 0.103. The van der Waals surface area contributed by atoms with Crippen molar-refractivity contribution < 1.29 is 14.3 Å². The van der Waals surface area contributed by atoms with E-state index in [1.54, 1.807) is 24.3 Å². The lowest BCUT2D eigenvalue weighted by Gasteiger charge is -2.06. The molecule has 14 heavy (non-hydrogen) atoms. The molecule has 0 unspecified atom stereocenters. The van der Waals surface area contributed by atoms with E-state index in [1.807, 2.05) is 19.9 Å². The van der Waals surface area contributed by atoms with E-state index in [9.17, 15) is 4.79 Å². The number of carbonyl (C=O) groups is 1. The first-order chi connectivity index (χ1) is 6.68. The predicted octanol–water partition coefficient (Wildman–Crippen LogP) is 2.82. The zero-order chi connectivity index (χ0) is 10.4. The van der Waals surface area contributed by atoms with Gasteiger partial charge in [-0.05, 0) is 12.1 Å². The molecular weight excluding hydrogens is 180 g/mol. The Balaban J connectivity index is 2.35. The molecule has 0 heterocycles. The van der Waals surface area contributed by atoms with Crippen molar-refractivity contribution in [2.75, 3.05) is 6.61 Å². The molecule has 1 aromatic carbocycles. The number of hydrogen-bond donors (Lipinski definition) is 0. The van der Waals surface area contributed by atoms with Crippen LogP contribution in [0.5, 0.6) is 5.75 Å². The fraction of sp³-hybridized carbons (Fsp3) is 0.273. The Hall–Kier alpha value is -1.51. The number of benzene rings is 1. The summed E-state index contributed by atoms with van der Waals surface area (Å²) in [6.07, 6.45) is -0.669. The van der Waals surface area contributed by atoms with Crippen molar-refractivity contribution in [1.29, 1.82) is 0 Å². The van der Waals surface area contributed by atoms with Crippen molar-refractivity contribution in [1.82, 2.24) is 0 Å². The van der Waals surface area contributed by atoms with Gasteiger partial charge in [0, 0.05) is 5.92 Å². The molecule has 3 heteroatoms. The molecule has 3 nitrogen and oxygen atoms in total. The molecule has 0 atom stereocenters. The average Bonchev–Trinajstić information content (AvgIpc) is 2.16. The lowest BCUT2D eigenvalue weighted by atomic mass is 10.2. The summed E-state index contributed by atoms with van der Waals surface area (Å²) in [5, 5.41) is 0. The molecule has 0 amide bonds. The molecule has 0 saturated carbocycles. The molecule has 1 rings (SSSR count). The van der Waals surface area contributed by atoms with E-state index < -0.39 is 6.16 Å². The second kappa shape index (κ2) is 5.27. The van der Waals surface area contributed by atoms with Crippen molar-refractivity contribution in [3.8, 4) is 5.75 Å². The summed E-state index contributed by atoms with van der Waals surface area (Å²) in [6, 6.07) is 8.83. The minimum atomic E-state index is -0.669. The molecule has 0 aliphatic heterocycles. The van der Waals surface area contributed by atoms with Crippen LogP contribution in [0.1, 0.15) is 13.8 Å². The summed E-state index contributed by atoms with van der Waals surface area (Å²) >= 11 is 0. The van der Waals surface area contributed by atoms with Crippen LogP contribution in [0.4, 0.5) is 4.79 Å². The van der Waals surface area contributed by atoms with Crippen molar-refractivity contribution in [2.24, 2.45) is 0 Å². The lowest BCUT2D eigenvalue weighted by Crippen LogP contribution is -2.13. The van der Waals surface area contributed by atoms with Gasteiger partial charge in [0.1, 0.15) is 12.4 Å². The number of para-hydroxylation sites is 1. The smallest absolute Gasteiger partial charge is 0.433 e. The molecule has 0 aromatic heterocycles. The minimum absolute atomic E-state index is 0.297. The molecule has 0 bridgehead atoms. The summed E-state index contributed by atoms with van der Waals surface area (Å²) < 4.78 is 9.70. The number of hydrogen-bond acceptors (Lipinski definition) is 3. The number of ether oxygens (including phenoxy) is 2. The van der Waals surface area contributed by atoms with Gasteiger partial charge >= 0.3 is 6.16 Å². The van der Waals surface area contributed by atoms with Crippen LogP contribution in [0, 0.1) is 5.92 Å². The van der Waals surface area contributed by atoms with Crippen molar-refractivity contribution in [3.63, 3.8) is 0 Å². The second-order valence-electron chi connectivity index (χ2n) is 3.16. The van der Waals surface area contributed by atoms with E-state index in [0.29, 0.717) is 12.4 Å². The standard InChI is InChI=1S/C11H13O3/c1-9(2)8-13-11(12)14-10-6-4-3-5-7-10/h3-7H,8H2,1-2H3. The summed E-state index contributed by atoms with van der Waals surface area (Å²) in [5.74, 6) is 1.52. The first-order valence-corrected chi connectivity index (χ1v) is 4.37. The van der Waals surface area contributed by atoms with Crippen molar-refractivity contribution >= 4 is 6.16 Å². The van der Waals surface area contributed by atoms with Gasteiger partial charge in [-0.3, -0.25) is 0 Å². The SMILES string of the molecule is C[C](C)COC(=O)Oc1ccccc1. The zero-order valence-corrected chi connectivity index (χ0v) is 8.32. The normalized spacial score (nSPS) is 9.93. The fourth-order valence-corrected chi connectivity index (χ4v) is 0.817. The fourth-order valence-electron chi connectivity index (χ4n) is 0.817. The molecule has 75 valence electrons. The van der Waals surface area contributed by atoms with Crippen molar-refractivity contribution in [2.45, 2.75) is 13.8 Å². The maximum atomic E-state index is 11.1. The van der Waals surface area contributed by atoms with Crippen LogP contribution in [0.3, 0.4) is 0 Å². The van der Waals surface area contributed by atoms with Gasteiger partial charge in [0.25, 0.3) is 0 Å². The second-order valence-corrected chi connectivity index (χ2v) is 3.16. The van der Waals surface area contributed by atoms with Gasteiger partial charge in [-0.25, -0.2) is 4.79 Å². The van der Waals surface area contributed by atoms with Crippen LogP contribution < -0.4 is 4.74 Å². The van der Waals surface area contributed by atoms with E-state index >= 15 is 0 Å². The summed E-state index contributed by atoms with van der Waals surface area (Å²) in [4.78, 5) is 11.1. The molecule has 1 radical (unpaired) electrons. The van der Waals surface area contributed by atoms with Gasteiger partial charge in [0.2, 0.25) is 0 Å². The average molecular weight is 193 g/mol. The molecule has 0 fully saturated rings. The van der Waals surface area contributed by atoms with Gasteiger partial charge < -0.3 is 9.47 Å². The Bertz CT molecular complexity index is 280. The van der Waals surface area contributed by atoms with E-state index in [-0.39, 0.29) is 0 Å². The number of rotatable bonds is 3. The van der Waals surface area contributed by atoms with Gasteiger partial charge in [0.15, 0.2) is 0 Å². The Labute approximate surface area is 83.6 Å². The summed E-state index contributed by atoms with van der Waals surface area (Å²) in [7, 11) is 0. The van der Waals surface area contributed by atoms with E-state index in [1.165, 1.54) is 0 Å². The maximum absolute atomic E-state index is 11.1. The quantitative estimate of drug-likeness (QED) is 0.547. The largest absolute Gasteiger partial charge is 0.513 e. The monoisotopic (exact) mass is 193 g/mol. The van der Waals surface area contributed by atoms with E-state index in [4.69, 9.17) is 9.47 Å². The first kappa shape index (κ1) is 10.6. The highest BCUT2D eigenvalue weighted by Crippen LogP contribution is 2.09. The Morgan fingerprint density at radius 1 is 1.21 bits per heavy atom. The van der Waals surface area contributed by atoms with Crippen LogP contribution in [-0.2, 0) is 4.74 Å². The molecule has 0 saturated heterocycles. The Morgan fingerprint density at radius 3 is 2.43 bits per heavy atom. The van der Waals surface area contributed by atoms with Crippen LogP contribution in [0.2, 0.25) is 0 Å². The zero-order valence-electron chi connectivity index (χ0n) is 8.32. The van der Waals surface area contributed by atoms with Crippen molar-refractivity contribution in [3.05, 3.63) is 36.2 Å². The highest BCUT2D eigenvalue weighted by atomic mass is 16.7. The third kappa shape index (κ3) is 3.94.